The molecule has 0 aliphatic carbocycles. The Morgan fingerprint density at radius 1 is 1.11 bits per heavy atom. The Balaban J connectivity index is 1.75. The number of nitrogens with zero attached hydrogens (tertiary/aromatic N) is 2. The van der Waals surface area contributed by atoms with Gasteiger partial charge in [-0.25, -0.2) is 4.39 Å². The molecule has 4 aromatic rings. The Morgan fingerprint density at radius 2 is 1.85 bits per heavy atom. The second kappa shape index (κ2) is 7.13. The van der Waals surface area contributed by atoms with Gasteiger partial charge in [0.15, 0.2) is 4.80 Å². The molecule has 7 heteroatoms. The molecular weight excluding hydrogens is 365 g/mol. The molecule has 0 saturated heterocycles. The van der Waals surface area contributed by atoms with Crippen LogP contribution in [-0.4, -0.2) is 15.5 Å². The maximum absolute atomic E-state index is 13.9. The van der Waals surface area contributed by atoms with Crippen LogP contribution in [0, 0.1) is 5.82 Å². The number of pyridine rings is 1. The third-order valence-corrected chi connectivity index (χ3v) is 4.99. The minimum Gasteiger partial charge on any atom is -0.328 e. The van der Waals surface area contributed by atoms with Crippen LogP contribution < -0.4 is 10.4 Å². The predicted molar refractivity (Wildman–Crippen MR) is 102 cm³/mol. The van der Waals surface area contributed by atoms with Crippen LogP contribution in [-0.2, 0) is 6.54 Å². The van der Waals surface area contributed by atoms with Crippen LogP contribution in [0.5, 0.6) is 0 Å². The number of H-pyrrole nitrogens is 1. The number of halogens is 1. The van der Waals surface area contributed by atoms with Gasteiger partial charge in [-0.2, -0.15) is 4.99 Å². The lowest BCUT2D eigenvalue weighted by molar-refractivity contribution is 0.0999. The van der Waals surface area contributed by atoms with Gasteiger partial charge in [-0.15, -0.1) is 11.3 Å². The molecule has 0 radical (unpaired) electrons. The summed E-state index contributed by atoms with van der Waals surface area (Å²) >= 11 is 1.29. The molecule has 4 rings (SSSR count). The SMILES string of the molecule is O=C(N=c1sccn1Cc1ccccc1F)c1c[nH]c(=O)c2ccccc12. The number of amides is 1. The molecule has 0 fully saturated rings. The first kappa shape index (κ1) is 17.1. The summed E-state index contributed by atoms with van der Waals surface area (Å²) in [6.45, 7) is 0.272. The second-order valence-electron chi connectivity index (χ2n) is 5.90. The fourth-order valence-corrected chi connectivity index (χ4v) is 3.58. The van der Waals surface area contributed by atoms with Gasteiger partial charge in [0.2, 0.25) is 0 Å². The van der Waals surface area contributed by atoms with Gasteiger partial charge >= 0.3 is 0 Å². The monoisotopic (exact) mass is 379 g/mol. The smallest absolute Gasteiger partial charge is 0.281 e. The van der Waals surface area contributed by atoms with E-state index in [4.69, 9.17) is 0 Å². The second-order valence-corrected chi connectivity index (χ2v) is 6.77. The van der Waals surface area contributed by atoms with E-state index in [9.17, 15) is 14.0 Å². The van der Waals surface area contributed by atoms with Crippen LogP contribution in [0.2, 0.25) is 0 Å². The predicted octanol–water partition coefficient (Wildman–Crippen LogP) is 3.32. The molecule has 0 saturated carbocycles. The first-order chi connectivity index (χ1) is 13.1. The summed E-state index contributed by atoms with van der Waals surface area (Å²) in [5.74, 6) is -0.771. The van der Waals surface area contributed by atoms with Crippen molar-refractivity contribution < 1.29 is 9.18 Å². The number of benzene rings is 2. The summed E-state index contributed by atoms with van der Waals surface area (Å²) in [5.41, 5.74) is 0.572. The van der Waals surface area contributed by atoms with E-state index < -0.39 is 5.91 Å². The van der Waals surface area contributed by atoms with Crippen molar-refractivity contribution in [1.82, 2.24) is 9.55 Å². The minimum atomic E-state index is -0.466. The van der Waals surface area contributed by atoms with Crippen molar-refractivity contribution in [1.29, 1.82) is 0 Å². The largest absolute Gasteiger partial charge is 0.328 e. The summed E-state index contributed by atoms with van der Waals surface area (Å²) in [6.07, 6.45) is 3.14. The van der Waals surface area contributed by atoms with Crippen LogP contribution in [0.3, 0.4) is 0 Å². The van der Waals surface area contributed by atoms with Gasteiger partial charge in [0.1, 0.15) is 5.82 Å². The average Bonchev–Trinajstić information content (AvgIpc) is 3.11. The molecular formula is C20H14FN3O2S. The van der Waals surface area contributed by atoms with Crippen LogP contribution in [0.1, 0.15) is 15.9 Å². The van der Waals surface area contributed by atoms with Gasteiger partial charge in [0.25, 0.3) is 11.5 Å². The molecule has 5 nitrogen and oxygen atoms in total. The van der Waals surface area contributed by atoms with E-state index in [1.807, 2.05) is 0 Å². The summed E-state index contributed by atoms with van der Waals surface area (Å²) in [6, 6.07) is 13.4. The van der Waals surface area contributed by atoms with E-state index in [1.165, 1.54) is 23.6 Å². The summed E-state index contributed by atoms with van der Waals surface area (Å²) < 4.78 is 15.6. The number of rotatable bonds is 3. The zero-order valence-corrected chi connectivity index (χ0v) is 14.9. The van der Waals surface area contributed by atoms with Gasteiger partial charge in [0.05, 0.1) is 12.1 Å². The number of fused-ring (bicyclic) bond motifs is 1. The van der Waals surface area contributed by atoms with Gasteiger partial charge in [-0.05, 0) is 12.1 Å². The number of hydrogen-bond acceptors (Lipinski definition) is 3. The quantitative estimate of drug-likeness (QED) is 0.593. The number of nitrogens with one attached hydrogen (secondary N) is 1. The van der Waals surface area contributed by atoms with E-state index in [-0.39, 0.29) is 17.9 Å². The minimum absolute atomic E-state index is 0.257. The third kappa shape index (κ3) is 3.37. The average molecular weight is 379 g/mol. The van der Waals surface area contributed by atoms with Gasteiger partial charge in [0, 0.05) is 34.1 Å². The van der Waals surface area contributed by atoms with Crippen molar-refractivity contribution in [3.05, 3.63) is 98.4 Å². The number of carbonyl (C=O) groups excluding carboxylic acids is 1. The summed E-state index contributed by atoms with van der Waals surface area (Å²) in [4.78, 5) is 31.9. The number of aromatic nitrogens is 2. The molecule has 0 spiro atoms. The van der Waals surface area contributed by atoms with Crippen molar-refractivity contribution in [2.75, 3.05) is 0 Å². The first-order valence-corrected chi connectivity index (χ1v) is 9.08. The molecule has 2 aromatic carbocycles. The van der Waals surface area contributed by atoms with Gasteiger partial charge in [-0.3, -0.25) is 9.59 Å². The standard InChI is InChI=1S/C20H14FN3O2S/c21-17-8-4-1-5-13(17)12-24-9-10-27-20(24)23-19(26)16-11-22-18(25)15-7-3-2-6-14(15)16/h1-11H,12H2,(H,22,25). The van der Waals surface area contributed by atoms with E-state index in [1.54, 1.807) is 58.6 Å². The van der Waals surface area contributed by atoms with Crippen molar-refractivity contribution in [3.63, 3.8) is 0 Å². The van der Waals surface area contributed by atoms with Crippen LogP contribution in [0.25, 0.3) is 10.8 Å². The Labute approximate surface area is 157 Å². The summed E-state index contributed by atoms with van der Waals surface area (Å²) in [7, 11) is 0. The Morgan fingerprint density at radius 3 is 2.67 bits per heavy atom. The summed E-state index contributed by atoms with van der Waals surface area (Å²) in [5, 5.41) is 2.77. The van der Waals surface area contributed by atoms with E-state index in [0.717, 1.165) is 0 Å². The Hall–Kier alpha value is -3.32. The van der Waals surface area contributed by atoms with E-state index in [0.29, 0.717) is 26.7 Å². The molecule has 0 bridgehead atoms. The Kier molecular flexibility index (Phi) is 4.52. The number of carbonyl (C=O) groups is 1. The topological polar surface area (TPSA) is 67.2 Å². The lowest BCUT2D eigenvalue weighted by Gasteiger charge is -2.05. The number of thiazole rings is 1. The fraction of sp³-hybridized carbons (Fsp3) is 0.0500. The van der Waals surface area contributed by atoms with Gasteiger partial charge in [-0.1, -0.05) is 36.4 Å². The number of aromatic amines is 1. The first-order valence-electron chi connectivity index (χ1n) is 8.20. The molecule has 1 amide bonds. The molecule has 1 N–H and O–H groups in total. The molecule has 27 heavy (non-hydrogen) atoms. The molecule has 0 atom stereocenters. The maximum atomic E-state index is 13.9. The molecule has 2 aromatic heterocycles. The van der Waals surface area contributed by atoms with Crippen molar-refractivity contribution >= 4 is 28.0 Å². The van der Waals surface area contributed by atoms with Crippen molar-refractivity contribution in [3.8, 4) is 0 Å². The Bertz CT molecular complexity index is 1270. The van der Waals surface area contributed by atoms with Crippen LogP contribution in [0.4, 0.5) is 4.39 Å². The molecule has 0 aliphatic heterocycles. The zero-order valence-electron chi connectivity index (χ0n) is 14.1. The third-order valence-electron chi connectivity index (χ3n) is 4.20. The normalized spacial score (nSPS) is 11.8. The lowest BCUT2D eigenvalue weighted by atomic mass is 10.1. The molecule has 0 unspecified atom stereocenters. The molecule has 134 valence electrons. The highest BCUT2D eigenvalue weighted by atomic mass is 32.1. The fourth-order valence-electron chi connectivity index (χ4n) is 2.85. The maximum Gasteiger partial charge on any atom is 0.281 e. The van der Waals surface area contributed by atoms with E-state index in [2.05, 4.69) is 9.98 Å². The van der Waals surface area contributed by atoms with Crippen molar-refractivity contribution in [2.45, 2.75) is 6.54 Å². The van der Waals surface area contributed by atoms with Crippen molar-refractivity contribution in [2.24, 2.45) is 4.99 Å². The van der Waals surface area contributed by atoms with E-state index >= 15 is 0 Å². The highest BCUT2D eigenvalue weighted by molar-refractivity contribution is 7.07. The van der Waals surface area contributed by atoms with Crippen LogP contribution >= 0.6 is 11.3 Å². The van der Waals surface area contributed by atoms with Gasteiger partial charge < -0.3 is 9.55 Å². The highest BCUT2D eigenvalue weighted by Gasteiger charge is 2.12. The highest BCUT2D eigenvalue weighted by Crippen LogP contribution is 2.15. The zero-order chi connectivity index (χ0) is 18.8. The molecule has 0 aliphatic rings. The van der Waals surface area contributed by atoms with Crippen LogP contribution in [0.15, 0.2) is 76.1 Å². The molecule has 2 heterocycles. The lowest BCUT2D eigenvalue weighted by Crippen LogP contribution is -2.18. The number of hydrogen-bond donors (Lipinski definition) is 1.